The van der Waals surface area contributed by atoms with E-state index in [0.29, 0.717) is 0 Å². The Kier molecular flexibility index (Phi) is 8.60. The van der Waals surface area contributed by atoms with Gasteiger partial charge in [0.15, 0.2) is 0 Å². The molecule has 304 valence electrons. The first-order valence-corrected chi connectivity index (χ1v) is 22.4. The van der Waals surface area contributed by atoms with Gasteiger partial charge in [-0.3, -0.25) is 0 Å². The Balaban J connectivity index is 1.10. The van der Waals surface area contributed by atoms with E-state index in [0.717, 1.165) is 45.5 Å². The summed E-state index contributed by atoms with van der Waals surface area (Å²) in [5.41, 5.74) is 19.9. The van der Waals surface area contributed by atoms with E-state index in [1.807, 2.05) is 0 Å². The Bertz CT molecular complexity index is 3460. The second-order valence-electron chi connectivity index (χ2n) is 16.9. The number of aromatic nitrogens is 1. The van der Waals surface area contributed by atoms with Crippen molar-refractivity contribution in [3.8, 4) is 16.8 Å². The molecule has 4 nitrogen and oxygen atoms in total. The number of para-hydroxylation sites is 8. The Morgan fingerprint density at radius 2 is 0.785 bits per heavy atom. The zero-order valence-electron chi connectivity index (χ0n) is 35.5. The first kappa shape index (κ1) is 37.1. The van der Waals surface area contributed by atoms with Crippen molar-refractivity contribution in [2.24, 2.45) is 0 Å². The molecule has 0 unspecified atom stereocenters. The molecule has 11 aromatic rings. The van der Waals surface area contributed by atoms with Gasteiger partial charge in [0.05, 0.1) is 22.4 Å². The fourth-order valence-corrected chi connectivity index (χ4v) is 10.6. The van der Waals surface area contributed by atoms with E-state index in [2.05, 4.69) is 268 Å². The van der Waals surface area contributed by atoms with Gasteiger partial charge in [-0.15, -0.1) is 0 Å². The first-order valence-electron chi connectivity index (χ1n) is 22.4. The summed E-state index contributed by atoms with van der Waals surface area (Å²) in [4.78, 5) is 7.38. The smallest absolute Gasteiger partial charge is 0.252 e. The highest BCUT2D eigenvalue weighted by molar-refractivity contribution is 7.00. The molecule has 0 fully saturated rings. The van der Waals surface area contributed by atoms with Crippen LogP contribution in [0.1, 0.15) is 0 Å². The summed E-state index contributed by atoms with van der Waals surface area (Å²) in [7, 11) is 0. The molecule has 0 amide bonds. The molecule has 1 aromatic heterocycles. The molecule has 13 rings (SSSR count). The molecule has 2 aliphatic rings. The Morgan fingerprint density at radius 3 is 1.37 bits per heavy atom. The number of nitrogens with zero attached hydrogens (tertiary/aromatic N) is 4. The van der Waals surface area contributed by atoms with E-state index in [1.54, 1.807) is 0 Å². The molecule has 0 atom stereocenters. The van der Waals surface area contributed by atoms with Gasteiger partial charge in [-0.1, -0.05) is 158 Å². The summed E-state index contributed by atoms with van der Waals surface area (Å²) >= 11 is 0. The van der Waals surface area contributed by atoms with Crippen LogP contribution in [0.3, 0.4) is 0 Å². The molecule has 5 heteroatoms. The second-order valence-corrected chi connectivity index (χ2v) is 16.9. The van der Waals surface area contributed by atoms with E-state index in [9.17, 15) is 0 Å². The lowest BCUT2D eigenvalue weighted by Gasteiger charge is -2.45. The average Bonchev–Trinajstić information content (AvgIpc) is 3.71. The molecule has 0 aliphatic carbocycles. The van der Waals surface area contributed by atoms with Crippen molar-refractivity contribution in [2.45, 2.75) is 0 Å². The van der Waals surface area contributed by atoms with E-state index in [4.69, 9.17) is 0 Å². The van der Waals surface area contributed by atoms with Crippen LogP contribution in [0.15, 0.2) is 249 Å². The van der Waals surface area contributed by atoms with Crippen LogP contribution in [0.4, 0.5) is 51.2 Å². The topological polar surface area (TPSA) is 14.7 Å². The summed E-state index contributed by atoms with van der Waals surface area (Å²) in [6.07, 6.45) is 0. The molecule has 0 radical (unpaired) electrons. The van der Waals surface area contributed by atoms with Crippen molar-refractivity contribution in [3.05, 3.63) is 249 Å². The van der Waals surface area contributed by atoms with Gasteiger partial charge in [-0.25, -0.2) is 0 Å². The van der Waals surface area contributed by atoms with Gasteiger partial charge in [0.2, 0.25) is 0 Å². The van der Waals surface area contributed by atoms with Crippen LogP contribution >= 0.6 is 0 Å². The van der Waals surface area contributed by atoms with Crippen molar-refractivity contribution in [3.63, 3.8) is 0 Å². The summed E-state index contributed by atoms with van der Waals surface area (Å²) in [6.45, 7) is -0.0533. The number of hydrogen-bond donors (Lipinski definition) is 0. The number of anilines is 9. The Morgan fingerprint density at radius 1 is 0.323 bits per heavy atom. The minimum Gasteiger partial charge on any atom is -0.311 e. The van der Waals surface area contributed by atoms with Crippen molar-refractivity contribution in [1.82, 2.24) is 4.57 Å². The van der Waals surface area contributed by atoms with Crippen LogP contribution in [0.2, 0.25) is 0 Å². The third-order valence-electron chi connectivity index (χ3n) is 13.3. The molecule has 0 spiro atoms. The minimum atomic E-state index is -0.0533. The van der Waals surface area contributed by atoms with Crippen LogP contribution in [0.5, 0.6) is 0 Å². The van der Waals surface area contributed by atoms with E-state index >= 15 is 0 Å². The summed E-state index contributed by atoms with van der Waals surface area (Å²) in [5, 5.41) is 2.51. The van der Waals surface area contributed by atoms with E-state index in [1.165, 1.54) is 60.7 Å². The van der Waals surface area contributed by atoms with Crippen LogP contribution in [-0.4, -0.2) is 11.3 Å². The predicted octanol–water partition coefficient (Wildman–Crippen LogP) is 14.0. The van der Waals surface area contributed by atoms with Crippen LogP contribution in [-0.2, 0) is 0 Å². The highest BCUT2D eigenvalue weighted by Gasteiger charge is 2.44. The van der Waals surface area contributed by atoms with Crippen LogP contribution in [0, 0.1) is 0 Å². The number of benzene rings is 10. The third-order valence-corrected chi connectivity index (χ3v) is 13.3. The van der Waals surface area contributed by atoms with Crippen molar-refractivity contribution in [2.75, 3.05) is 14.7 Å². The SMILES string of the molecule is c1ccc(N(c2ccccc2)c2cc3c4c(c2)N(c2ccccc2)c2ccc(-c5ccccc5-n5c6ccccc6c6ccccc65)cc2B4c2ccccc2N3c2ccccc2)cc1. The van der Waals surface area contributed by atoms with Crippen molar-refractivity contribution in [1.29, 1.82) is 0 Å². The minimum absolute atomic E-state index is 0.0533. The van der Waals surface area contributed by atoms with E-state index < -0.39 is 0 Å². The Hall–Kier alpha value is -8.54. The average molecular weight is 829 g/mol. The van der Waals surface area contributed by atoms with Gasteiger partial charge in [-0.05, 0) is 113 Å². The number of rotatable bonds is 7. The predicted molar refractivity (Wildman–Crippen MR) is 275 cm³/mol. The van der Waals surface area contributed by atoms with Gasteiger partial charge in [0.25, 0.3) is 6.71 Å². The lowest BCUT2D eigenvalue weighted by Crippen LogP contribution is -2.61. The highest BCUT2D eigenvalue weighted by Crippen LogP contribution is 2.48. The number of fused-ring (bicyclic) bond motifs is 7. The molecule has 10 aromatic carbocycles. The zero-order chi connectivity index (χ0) is 42.8. The van der Waals surface area contributed by atoms with Crippen LogP contribution in [0.25, 0.3) is 38.6 Å². The monoisotopic (exact) mass is 828 g/mol. The van der Waals surface area contributed by atoms with Gasteiger partial charge >= 0.3 is 0 Å². The molecule has 0 N–H and O–H groups in total. The fourth-order valence-electron chi connectivity index (χ4n) is 10.6. The summed E-state index contributed by atoms with van der Waals surface area (Å²) in [5.74, 6) is 0. The quantitative estimate of drug-likeness (QED) is 0.149. The zero-order valence-corrected chi connectivity index (χ0v) is 35.5. The standard InChI is InChI=1S/C60H41BN4/c1-5-21-43(22-6-1)62(44-23-7-2-8-24-44)47-40-58-60-59(41-47)64(46-27-11-4-12-28-46)57-38-37-42(39-52(57)61(60)51-32-16-20-36-56(51)63(58)45-25-9-3-10-26-45)48-29-13-17-33-53(48)65-54-34-18-14-30-49(54)50-31-15-19-35-55(50)65/h1-41H. The Labute approximate surface area is 379 Å². The van der Waals surface area contributed by atoms with Gasteiger partial charge in [-0.2, -0.15) is 0 Å². The van der Waals surface area contributed by atoms with Crippen molar-refractivity contribution < 1.29 is 0 Å². The van der Waals surface area contributed by atoms with Crippen LogP contribution < -0.4 is 31.1 Å². The molecule has 0 saturated carbocycles. The maximum Gasteiger partial charge on any atom is 0.252 e. The first-order chi connectivity index (χ1) is 32.3. The molecule has 65 heavy (non-hydrogen) atoms. The second kappa shape index (κ2) is 15.1. The van der Waals surface area contributed by atoms with Gasteiger partial charge in [0.1, 0.15) is 0 Å². The maximum absolute atomic E-state index is 2.50. The third kappa shape index (κ3) is 5.86. The normalized spacial score (nSPS) is 12.5. The lowest BCUT2D eigenvalue weighted by atomic mass is 9.33. The fraction of sp³-hybridized carbons (Fsp3) is 0. The van der Waals surface area contributed by atoms with Gasteiger partial charge < -0.3 is 19.3 Å². The highest BCUT2D eigenvalue weighted by atomic mass is 15.2. The summed E-state index contributed by atoms with van der Waals surface area (Å²) < 4.78 is 2.45. The lowest BCUT2D eigenvalue weighted by molar-refractivity contribution is 1.18. The molecule has 0 saturated heterocycles. The molecule has 0 bridgehead atoms. The van der Waals surface area contributed by atoms with Crippen molar-refractivity contribution >= 4 is 96.1 Å². The largest absolute Gasteiger partial charge is 0.311 e. The number of hydrogen-bond acceptors (Lipinski definition) is 3. The maximum atomic E-state index is 2.50. The molecule has 2 aliphatic heterocycles. The van der Waals surface area contributed by atoms with E-state index in [-0.39, 0.29) is 6.71 Å². The molecular formula is C60H41BN4. The molecule has 3 heterocycles. The molecular weight excluding hydrogens is 787 g/mol. The van der Waals surface area contributed by atoms with Gasteiger partial charge in [0, 0.05) is 61.8 Å². The summed E-state index contributed by atoms with van der Waals surface area (Å²) in [6, 6.07) is 90.8.